The largest absolute Gasteiger partial charge is 0.468 e. The van der Waals surface area contributed by atoms with Crippen LogP contribution < -0.4 is 5.32 Å². The molecule has 1 aromatic heterocycles. The molecule has 0 unspecified atom stereocenters. The van der Waals surface area contributed by atoms with Crippen LogP contribution in [0, 0.1) is 0 Å². The summed E-state index contributed by atoms with van der Waals surface area (Å²) in [5.41, 5.74) is 0.827. The van der Waals surface area contributed by atoms with Crippen LogP contribution in [-0.2, 0) is 11.3 Å². The molecule has 0 spiro atoms. The van der Waals surface area contributed by atoms with Crippen molar-refractivity contribution in [1.29, 1.82) is 0 Å². The summed E-state index contributed by atoms with van der Waals surface area (Å²) in [6.45, 7) is 0.940. The van der Waals surface area contributed by atoms with Crippen LogP contribution in [0.2, 0.25) is 0 Å². The number of nitrogens with zero attached hydrogens (tertiary/aromatic N) is 1. The lowest BCUT2D eigenvalue weighted by Crippen LogP contribution is -2.29. The van der Waals surface area contributed by atoms with E-state index in [1.54, 1.807) is 18.0 Å². The van der Waals surface area contributed by atoms with Gasteiger partial charge in [-0.15, -0.1) is 11.8 Å². The number of furan rings is 1. The predicted molar refractivity (Wildman–Crippen MR) is 81.9 cm³/mol. The van der Waals surface area contributed by atoms with Crippen LogP contribution >= 0.6 is 11.8 Å². The SMILES string of the molecule is CSc1cccc(NC(=O)CN(C)Cc2ccco2)c1. The molecule has 1 N–H and O–H groups in total. The molecule has 0 saturated heterocycles. The summed E-state index contributed by atoms with van der Waals surface area (Å²) in [5, 5.41) is 2.90. The molecule has 2 aromatic rings. The summed E-state index contributed by atoms with van der Waals surface area (Å²) in [7, 11) is 1.89. The summed E-state index contributed by atoms with van der Waals surface area (Å²) in [6, 6.07) is 11.6. The zero-order valence-corrected chi connectivity index (χ0v) is 12.4. The molecule has 0 bridgehead atoms. The summed E-state index contributed by atoms with van der Waals surface area (Å²) in [5.74, 6) is 0.821. The third-order valence-corrected chi connectivity index (χ3v) is 3.50. The summed E-state index contributed by atoms with van der Waals surface area (Å²) in [4.78, 5) is 15.0. The normalized spacial score (nSPS) is 10.8. The third kappa shape index (κ3) is 4.43. The lowest BCUT2D eigenvalue weighted by Gasteiger charge is -2.15. The van der Waals surface area contributed by atoms with Crippen molar-refractivity contribution in [2.45, 2.75) is 11.4 Å². The van der Waals surface area contributed by atoms with Crippen LogP contribution in [0.15, 0.2) is 52.0 Å². The topological polar surface area (TPSA) is 45.5 Å². The van der Waals surface area contributed by atoms with Gasteiger partial charge in [-0.3, -0.25) is 9.69 Å². The van der Waals surface area contributed by atoms with Gasteiger partial charge in [-0.25, -0.2) is 0 Å². The van der Waals surface area contributed by atoms with E-state index in [-0.39, 0.29) is 5.91 Å². The van der Waals surface area contributed by atoms with E-state index in [1.807, 2.05) is 54.6 Å². The average Bonchev–Trinajstić information content (AvgIpc) is 2.91. The Bertz CT molecular complexity index is 555. The molecule has 0 radical (unpaired) electrons. The Morgan fingerprint density at radius 3 is 2.90 bits per heavy atom. The van der Waals surface area contributed by atoms with Gasteiger partial charge in [0.1, 0.15) is 5.76 Å². The second kappa shape index (κ2) is 7.17. The minimum Gasteiger partial charge on any atom is -0.468 e. The summed E-state index contributed by atoms with van der Waals surface area (Å²) >= 11 is 1.65. The van der Waals surface area contributed by atoms with E-state index in [1.165, 1.54) is 0 Å². The van der Waals surface area contributed by atoms with Crippen molar-refractivity contribution in [1.82, 2.24) is 4.90 Å². The van der Waals surface area contributed by atoms with E-state index in [0.717, 1.165) is 16.3 Å². The van der Waals surface area contributed by atoms with E-state index >= 15 is 0 Å². The summed E-state index contributed by atoms with van der Waals surface area (Å²) in [6.07, 6.45) is 3.65. The number of hydrogen-bond acceptors (Lipinski definition) is 4. The van der Waals surface area contributed by atoms with Gasteiger partial charge in [0.25, 0.3) is 0 Å². The first kappa shape index (κ1) is 14.7. The Balaban J connectivity index is 1.85. The molecule has 1 heterocycles. The maximum absolute atomic E-state index is 12.0. The highest BCUT2D eigenvalue weighted by molar-refractivity contribution is 7.98. The fourth-order valence-electron chi connectivity index (χ4n) is 1.87. The molecule has 20 heavy (non-hydrogen) atoms. The molecule has 0 saturated carbocycles. The van der Waals surface area contributed by atoms with Gasteiger partial charge in [0.2, 0.25) is 5.91 Å². The fourth-order valence-corrected chi connectivity index (χ4v) is 2.33. The van der Waals surface area contributed by atoms with Crippen LogP contribution in [0.3, 0.4) is 0 Å². The highest BCUT2D eigenvalue weighted by atomic mass is 32.2. The van der Waals surface area contributed by atoms with Gasteiger partial charge >= 0.3 is 0 Å². The van der Waals surface area contributed by atoms with E-state index < -0.39 is 0 Å². The lowest BCUT2D eigenvalue weighted by molar-refractivity contribution is -0.117. The van der Waals surface area contributed by atoms with Crippen molar-refractivity contribution < 1.29 is 9.21 Å². The minimum absolute atomic E-state index is 0.0303. The van der Waals surface area contributed by atoms with E-state index in [2.05, 4.69) is 5.32 Å². The zero-order valence-electron chi connectivity index (χ0n) is 11.6. The van der Waals surface area contributed by atoms with Crippen LogP contribution in [0.25, 0.3) is 0 Å². The van der Waals surface area contributed by atoms with E-state index in [9.17, 15) is 4.79 Å². The molecule has 0 fully saturated rings. The lowest BCUT2D eigenvalue weighted by atomic mass is 10.3. The third-order valence-electron chi connectivity index (χ3n) is 2.77. The zero-order chi connectivity index (χ0) is 14.4. The van der Waals surface area contributed by atoms with Crippen molar-refractivity contribution in [2.75, 3.05) is 25.2 Å². The number of amides is 1. The first-order valence-corrected chi connectivity index (χ1v) is 7.54. The average molecular weight is 290 g/mol. The molecule has 0 aliphatic rings. The van der Waals surface area contributed by atoms with Gasteiger partial charge in [0.15, 0.2) is 0 Å². The number of anilines is 1. The van der Waals surface area contributed by atoms with Gasteiger partial charge in [0, 0.05) is 10.6 Å². The van der Waals surface area contributed by atoms with Crippen LogP contribution in [0.4, 0.5) is 5.69 Å². The maximum Gasteiger partial charge on any atom is 0.238 e. The standard InChI is InChI=1S/C15H18N2O2S/c1-17(10-13-6-4-8-19-13)11-15(18)16-12-5-3-7-14(9-12)20-2/h3-9H,10-11H2,1-2H3,(H,16,18). The van der Waals surface area contributed by atoms with Crippen LogP contribution in [-0.4, -0.2) is 30.7 Å². The van der Waals surface area contributed by atoms with Gasteiger partial charge in [-0.05, 0) is 43.6 Å². The van der Waals surface area contributed by atoms with Crippen molar-refractivity contribution in [3.05, 3.63) is 48.4 Å². The first-order valence-electron chi connectivity index (χ1n) is 6.32. The van der Waals surface area contributed by atoms with Gasteiger partial charge in [-0.2, -0.15) is 0 Å². The second-order valence-corrected chi connectivity index (χ2v) is 5.41. The van der Waals surface area contributed by atoms with Crippen LogP contribution in [0.1, 0.15) is 5.76 Å². The molecule has 1 amide bonds. The van der Waals surface area contributed by atoms with Crippen molar-refractivity contribution in [2.24, 2.45) is 0 Å². The van der Waals surface area contributed by atoms with Crippen molar-refractivity contribution >= 4 is 23.4 Å². The predicted octanol–water partition coefficient (Wildman–Crippen LogP) is 3.07. The van der Waals surface area contributed by atoms with E-state index in [4.69, 9.17) is 4.42 Å². The smallest absolute Gasteiger partial charge is 0.238 e. The number of hydrogen-bond donors (Lipinski definition) is 1. The molecule has 4 nitrogen and oxygen atoms in total. The number of nitrogens with one attached hydrogen (secondary N) is 1. The number of benzene rings is 1. The number of thioether (sulfide) groups is 1. The fraction of sp³-hybridized carbons (Fsp3) is 0.267. The van der Waals surface area contributed by atoms with Crippen molar-refractivity contribution in [3.8, 4) is 0 Å². The maximum atomic E-state index is 12.0. The molecule has 2 rings (SSSR count). The Morgan fingerprint density at radius 2 is 2.20 bits per heavy atom. The highest BCUT2D eigenvalue weighted by Gasteiger charge is 2.09. The minimum atomic E-state index is -0.0303. The molecule has 1 aromatic carbocycles. The molecule has 0 aliphatic heterocycles. The van der Waals surface area contributed by atoms with Gasteiger partial charge < -0.3 is 9.73 Å². The first-order chi connectivity index (χ1) is 9.67. The quantitative estimate of drug-likeness (QED) is 0.831. The Labute approximate surface area is 123 Å². The highest BCUT2D eigenvalue weighted by Crippen LogP contribution is 2.18. The summed E-state index contributed by atoms with van der Waals surface area (Å²) < 4.78 is 5.26. The molecular formula is C15H18N2O2S. The molecule has 0 aliphatic carbocycles. The molecule has 106 valence electrons. The van der Waals surface area contributed by atoms with Crippen LogP contribution in [0.5, 0.6) is 0 Å². The molecular weight excluding hydrogens is 272 g/mol. The number of rotatable bonds is 6. The monoisotopic (exact) mass is 290 g/mol. The Morgan fingerprint density at radius 1 is 1.35 bits per heavy atom. The van der Waals surface area contributed by atoms with E-state index in [0.29, 0.717) is 13.1 Å². The second-order valence-electron chi connectivity index (χ2n) is 4.53. The van der Waals surface area contributed by atoms with Gasteiger partial charge in [-0.1, -0.05) is 6.07 Å². The number of carbonyl (C=O) groups is 1. The Kier molecular flexibility index (Phi) is 5.26. The molecule has 0 atom stereocenters. The van der Waals surface area contributed by atoms with Crippen molar-refractivity contribution in [3.63, 3.8) is 0 Å². The number of carbonyl (C=O) groups excluding carboxylic acids is 1. The molecule has 5 heteroatoms. The Hall–Kier alpha value is -1.72. The number of likely N-dealkylation sites (N-methyl/N-ethyl adjacent to an activating group) is 1. The van der Waals surface area contributed by atoms with Gasteiger partial charge in [0.05, 0.1) is 19.4 Å².